The minimum Gasteiger partial charge on any atom is -0.384 e. The van der Waals surface area contributed by atoms with E-state index in [1.807, 2.05) is 43.3 Å². The van der Waals surface area contributed by atoms with Gasteiger partial charge in [-0.2, -0.15) is 5.26 Å². The second-order valence-corrected chi connectivity index (χ2v) is 14.0. The average molecular weight is 599 g/mol. The fraction of sp³-hybridized carbons (Fsp3) is 0.344. The molecule has 1 amide bonds. The molecule has 0 spiro atoms. The van der Waals surface area contributed by atoms with Gasteiger partial charge in [-0.1, -0.05) is 87.2 Å². The molecule has 42 heavy (non-hydrogen) atoms. The zero-order valence-electron chi connectivity index (χ0n) is 24.4. The number of carbonyl (C=O) groups is 2. The van der Waals surface area contributed by atoms with Crippen molar-refractivity contribution in [3.63, 3.8) is 0 Å². The van der Waals surface area contributed by atoms with Gasteiger partial charge in [-0.15, -0.1) is 10.2 Å². The van der Waals surface area contributed by atoms with E-state index >= 15 is 0 Å². The first kappa shape index (κ1) is 29.5. The number of rotatable bonds is 7. The predicted octanol–water partition coefficient (Wildman–Crippen LogP) is 6.64. The number of aromatic nitrogens is 2. The summed E-state index contributed by atoms with van der Waals surface area (Å²) in [6.45, 7) is 10.4. The molecule has 2 aliphatic rings. The topological polar surface area (TPSA) is 125 Å². The highest BCUT2D eigenvalue weighted by Gasteiger charge is 2.45. The number of ketones is 1. The third-order valence-electron chi connectivity index (χ3n) is 7.53. The number of allylic oxidation sites excluding steroid dienone is 3. The predicted molar refractivity (Wildman–Crippen MR) is 168 cm³/mol. The Morgan fingerprint density at radius 2 is 1.95 bits per heavy atom. The van der Waals surface area contributed by atoms with Crippen molar-refractivity contribution in [3.8, 4) is 6.07 Å². The molecule has 2 heterocycles. The SMILES string of the molecule is Cc1cccc(NC(=O)CSc2nnc(N3C(N)=C(C#N)C(c4ccc(C(C)C)cc4)C4=C3CC(C)(C)CC4=O)s2)c1. The molecule has 1 aromatic heterocycles. The number of nitrogens with one attached hydrogen (secondary N) is 1. The number of nitrogens with zero attached hydrogens (tertiary/aromatic N) is 4. The maximum absolute atomic E-state index is 13.8. The summed E-state index contributed by atoms with van der Waals surface area (Å²) >= 11 is 2.56. The van der Waals surface area contributed by atoms with Crippen LogP contribution < -0.4 is 16.0 Å². The number of aryl methyl sites for hydroxylation is 1. The quantitative estimate of drug-likeness (QED) is 0.290. The van der Waals surface area contributed by atoms with Crippen molar-refractivity contribution in [2.75, 3.05) is 16.0 Å². The lowest BCUT2D eigenvalue weighted by Crippen LogP contribution is -2.42. The Bertz CT molecular complexity index is 1650. The smallest absolute Gasteiger partial charge is 0.234 e. The molecule has 0 fully saturated rings. The lowest BCUT2D eigenvalue weighted by Gasteiger charge is -2.42. The van der Waals surface area contributed by atoms with E-state index in [0.29, 0.717) is 39.4 Å². The van der Waals surface area contributed by atoms with Crippen LogP contribution in [0.2, 0.25) is 0 Å². The van der Waals surface area contributed by atoms with Crippen molar-refractivity contribution in [1.82, 2.24) is 10.2 Å². The maximum Gasteiger partial charge on any atom is 0.234 e. The lowest BCUT2D eigenvalue weighted by molar-refractivity contribution is -0.118. The van der Waals surface area contributed by atoms with Gasteiger partial charge in [0.05, 0.1) is 23.3 Å². The minimum absolute atomic E-state index is 0.0105. The Labute approximate surface area is 254 Å². The van der Waals surface area contributed by atoms with Gasteiger partial charge >= 0.3 is 0 Å². The van der Waals surface area contributed by atoms with Gasteiger partial charge < -0.3 is 11.1 Å². The molecule has 216 valence electrons. The van der Waals surface area contributed by atoms with Crippen LogP contribution in [0.5, 0.6) is 0 Å². The van der Waals surface area contributed by atoms with Crippen LogP contribution in [0.15, 0.2) is 75.5 Å². The number of nitrogens with two attached hydrogens (primary N) is 1. The minimum atomic E-state index is -0.543. The van der Waals surface area contributed by atoms with Gasteiger partial charge in [0, 0.05) is 23.4 Å². The number of Topliss-reactive ketones (excluding diaryl/α,β-unsaturated/α-hetero) is 1. The van der Waals surface area contributed by atoms with Crippen molar-refractivity contribution >= 4 is 45.6 Å². The van der Waals surface area contributed by atoms with Gasteiger partial charge in [0.15, 0.2) is 10.1 Å². The monoisotopic (exact) mass is 598 g/mol. The normalized spacial score (nSPS) is 18.3. The zero-order chi connectivity index (χ0) is 30.2. The van der Waals surface area contributed by atoms with Gasteiger partial charge in [-0.05, 0) is 53.5 Å². The fourth-order valence-corrected chi connectivity index (χ4v) is 7.21. The Morgan fingerprint density at radius 3 is 2.62 bits per heavy atom. The molecule has 1 aliphatic carbocycles. The Balaban J connectivity index is 1.47. The molecule has 10 heteroatoms. The summed E-state index contributed by atoms with van der Waals surface area (Å²) in [5.74, 6) is 0.0917. The zero-order valence-corrected chi connectivity index (χ0v) is 26.0. The van der Waals surface area contributed by atoms with E-state index < -0.39 is 5.92 Å². The first-order chi connectivity index (χ1) is 20.0. The third kappa shape index (κ3) is 5.98. The number of hydrogen-bond donors (Lipinski definition) is 2. The number of benzene rings is 2. The molecule has 0 saturated heterocycles. The summed E-state index contributed by atoms with van der Waals surface area (Å²) in [7, 11) is 0. The molecule has 0 bridgehead atoms. The van der Waals surface area contributed by atoms with Crippen molar-refractivity contribution in [3.05, 3.63) is 87.9 Å². The molecule has 1 atom stereocenters. The van der Waals surface area contributed by atoms with E-state index in [9.17, 15) is 14.9 Å². The fourth-order valence-electron chi connectivity index (χ4n) is 5.53. The van der Waals surface area contributed by atoms with E-state index in [1.54, 1.807) is 4.90 Å². The summed E-state index contributed by atoms with van der Waals surface area (Å²) in [4.78, 5) is 28.1. The first-order valence-corrected chi connectivity index (χ1v) is 15.7. The van der Waals surface area contributed by atoms with Gasteiger partial charge in [0.2, 0.25) is 11.0 Å². The van der Waals surface area contributed by atoms with E-state index in [2.05, 4.69) is 61.4 Å². The molecular weight excluding hydrogens is 565 g/mol. The lowest BCUT2D eigenvalue weighted by atomic mass is 9.68. The molecule has 1 unspecified atom stereocenters. The maximum atomic E-state index is 13.8. The summed E-state index contributed by atoms with van der Waals surface area (Å²) in [6, 6.07) is 18.0. The van der Waals surface area contributed by atoms with E-state index in [0.717, 1.165) is 22.5 Å². The average Bonchev–Trinajstić information content (AvgIpc) is 3.39. The number of nitriles is 1. The second-order valence-electron chi connectivity index (χ2n) is 11.9. The largest absolute Gasteiger partial charge is 0.384 e. The van der Waals surface area contributed by atoms with Crippen LogP contribution in [-0.2, 0) is 9.59 Å². The molecule has 1 aliphatic heterocycles. The third-order valence-corrected chi connectivity index (χ3v) is 9.57. The van der Waals surface area contributed by atoms with Gasteiger partial charge in [-0.25, -0.2) is 0 Å². The van der Waals surface area contributed by atoms with Crippen LogP contribution in [0.25, 0.3) is 0 Å². The summed E-state index contributed by atoms with van der Waals surface area (Å²) < 4.78 is 0.589. The van der Waals surface area contributed by atoms with Crippen LogP contribution in [0.3, 0.4) is 0 Å². The van der Waals surface area contributed by atoms with E-state index in [-0.39, 0.29) is 28.7 Å². The molecular formula is C32H34N6O2S2. The van der Waals surface area contributed by atoms with Crippen molar-refractivity contribution in [1.29, 1.82) is 5.26 Å². The van der Waals surface area contributed by atoms with E-state index in [4.69, 9.17) is 5.73 Å². The van der Waals surface area contributed by atoms with Crippen molar-refractivity contribution in [2.45, 2.75) is 63.6 Å². The molecule has 0 saturated carbocycles. The van der Waals surface area contributed by atoms with Gasteiger partial charge in [0.25, 0.3) is 0 Å². The van der Waals surface area contributed by atoms with Crippen LogP contribution in [0.1, 0.15) is 69.1 Å². The highest BCUT2D eigenvalue weighted by atomic mass is 32.2. The number of carbonyl (C=O) groups excluding carboxylic acids is 2. The van der Waals surface area contributed by atoms with Crippen LogP contribution in [-0.4, -0.2) is 27.6 Å². The molecule has 0 radical (unpaired) electrons. The molecule has 2 aromatic carbocycles. The standard InChI is InChI=1S/C32H34N6O2S2/c1-18(2)20-9-11-21(12-10-20)27-23(16-33)29(34)38(24-14-32(4,5)15-25(39)28(24)27)30-36-37-31(42-30)41-17-26(40)35-22-8-6-7-19(3)13-22/h6-13,18,27H,14-15,17,34H2,1-5H3,(H,35,40). The van der Waals surface area contributed by atoms with Crippen molar-refractivity contribution < 1.29 is 9.59 Å². The van der Waals surface area contributed by atoms with Gasteiger partial charge in [0.1, 0.15) is 5.82 Å². The molecule has 3 aromatic rings. The molecule has 8 nitrogen and oxygen atoms in total. The van der Waals surface area contributed by atoms with Crippen LogP contribution in [0, 0.1) is 23.7 Å². The Hall–Kier alpha value is -3.94. The highest BCUT2D eigenvalue weighted by Crippen LogP contribution is 2.50. The summed E-state index contributed by atoms with van der Waals surface area (Å²) in [5.41, 5.74) is 12.0. The summed E-state index contributed by atoms with van der Waals surface area (Å²) in [6.07, 6.45) is 0.973. The summed E-state index contributed by atoms with van der Waals surface area (Å²) in [5, 5.41) is 22.4. The van der Waals surface area contributed by atoms with Crippen LogP contribution >= 0.6 is 23.1 Å². The van der Waals surface area contributed by atoms with Crippen LogP contribution in [0.4, 0.5) is 10.8 Å². The number of thioether (sulfide) groups is 1. The number of hydrogen-bond acceptors (Lipinski definition) is 9. The molecule has 5 rings (SSSR count). The van der Waals surface area contributed by atoms with Gasteiger partial charge in [-0.3, -0.25) is 14.5 Å². The highest BCUT2D eigenvalue weighted by molar-refractivity contribution is 8.01. The van der Waals surface area contributed by atoms with E-state index in [1.165, 1.54) is 28.7 Å². The second kappa shape index (κ2) is 11.7. The first-order valence-electron chi connectivity index (χ1n) is 13.9. The number of amides is 1. The van der Waals surface area contributed by atoms with Crippen molar-refractivity contribution in [2.24, 2.45) is 11.1 Å². The molecule has 3 N–H and O–H groups in total. The Morgan fingerprint density at radius 1 is 1.21 bits per heavy atom. The number of anilines is 2. The Kier molecular flexibility index (Phi) is 8.26.